The third kappa shape index (κ3) is 42.9. The Balaban J connectivity index is -0.000000240. The van der Waals surface area contributed by atoms with Crippen molar-refractivity contribution in [2.75, 3.05) is 21.1 Å². The second kappa shape index (κ2) is 30.1. The second-order valence-electron chi connectivity index (χ2n) is 6.60. The first-order valence-corrected chi connectivity index (χ1v) is 9.21. The van der Waals surface area contributed by atoms with Crippen LogP contribution in [0.15, 0.2) is 0 Å². The standard InChI is InChI=1S/C16H33.C3H9N.Au.BrH/c1-3-5-7-9-11-13-15-16-14-12-10-8-6-4-2;1-4(2)3;;/h1,3-16H2,2H3;1-3H3;;1H/q-1;;+1;. The van der Waals surface area contributed by atoms with E-state index >= 15 is 0 Å². The van der Waals surface area contributed by atoms with Crippen LogP contribution in [0.25, 0.3) is 0 Å². The van der Waals surface area contributed by atoms with Crippen molar-refractivity contribution in [2.24, 2.45) is 0 Å². The first-order chi connectivity index (χ1) is 9.65. The van der Waals surface area contributed by atoms with Crippen LogP contribution < -0.4 is 21.9 Å². The summed E-state index contributed by atoms with van der Waals surface area (Å²) in [5.41, 5.74) is 0. The van der Waals surface area contributed by atoms with E-state index in [1.165, 1.54) is 88.4 Å². The Hall–Kier alpha value is 1.18. The van der Waals surface area contributed by atoms with E-state index < -0.39 is 0 Å². The SMILES string of the molecule is C[NH+](C)C.[Au+].[Br-].[CH2-]CCCCCCCCCCCCCCC. The topological polar surface area (TPSA) is 4.44 Å². The fourth-order valence-corrected chi connectivity index (χ4v) is 2.19. The maximum absolute atomic E-state index is 3.87. The van der Waals surface area contributed by atoms with E-state index in [1.54, 1.807) is 0 Å². The predicted octanol–water partition coefficient (Wildman–Crippen LogP) is 2.06. The summed E-state index contributed by atoms with van der Waals surface area (Å²) in [5.74, 6) is 0. The smallest absolute Gasteiger partial charge is 1.00 e. The van der Waals surface area contributed by atoms with E-state index in [-0.39, 0.29) is 39.4 Å². The molecular formula is C19H43AuBrN. The molecule has 0 aromatic heterocycles. The van der Waals surface area contributed by atoms with Gasteiger partial charge in [0, 0.05) is 0 Å². The van der Waals surface area contributed by atoms with Crippen molar-refractivity contribution in [3.8, 4) is 0 Å². The Morgan fingerprint density at radius 3 is 1.05 bits per heavy atom. The maximum atomic E-state index is 3.87. The third-order valence-corrected chi connectivity index (χ3v) is 3.35. The van der Waals surface area contributed by atoms with Crippen molar-refractivity contribution in [3.63, 3.8) is 0 Å². The summed E-state index contributed by atoms with van der Waals surface area (Å²) < 4.78 is 0. The number of hydrogen-bond donors (Lipinski definition) is 1. The molecule has 0 spiro atoms. The number of hydrogen-bond acceptors (Lipinski definition) is 0. The van der Waals surface area contributed by atoms with Crippen LogP contribution in [0.3, 0.4) is 0 Å². The predicted molar refractivity (Wildman–Crippen MR) is 94.4 cm³/mol. The normalized spacial score (nSPS) is 9.55. The van der Waals surface area contributed by atoms with Crippen LogP contribution in [0.4, 0.5) is 0 Å². The van der Waals surface area contributed by atoms with Crippen LogP contribution >= 0.6 is 0 Å². The van der Waals surface area contributed by atoms with Gasteiger partial charge in [-0.05, 0) is 0 Å². The number of rotatable bonds is 13. The molecule has 0 bridgehead atoms. The van der Waals surface area contributed by atoms with Crippen molar-refractivity contribution in [3.05, 3.63) is 6.92 Å². The zero-order valence-electron chi connectivity index (χ0n) is 15.8. The molecule has 0 rings (SSSR count). The van der Waals surface area contributed by atoms with Gasteiger partial charge in [0.25, 0.3) is 0 Å². The van der Waals surface area contributed by atoms with E-state index in [1.807, 2.05) is 0 Å². The van der Waals surface area contributed by atoms with Gasteiger partial charge in [0.2, 0.25) is 0 Å². The number of unbranched alkanes of at least 4 members (excludes halogenated alkanes) is 13. The third-order valence-electron chi connectivity index (χ3n) is 3.35. The van der Waals surface area contributed by atoms with Crippen LogP contribution in [0.1, 0.15) is 96.8 Å². The summed E-state index contributed by atoms with van der Waals surface area (Å²) in [6.45, 7) is 6.16. The Labute approximate surface area is 168 Å². The van der Waals surface area contributed by atoms with Crippen LogP contribution in [0.5, 0.6) is 0 Å². The van der Waals surface area contributed by atoms with Gasteiger partial charge in [0.15, 0.2) is 0 Å². The molecule has 0 fully saturated rings. The Morgan fingerprint density at radius 1 is 0.591 bits per heavy atom. The molecule has 0 saturated heterocycles. The summed E-state index contributed by atoms with van der Waals surface area (Å²) in [6, 6.07) is 0. The largest absolute Gasteiger partial charge is 1.00 e. The van der Waals surface area contributed by atoms with Crippen LogP contribution in [0.2, 0.25) is 0 Å². The van der Waals surface area contributed by atoms with Crippen molar-refractivity contribution in [2.45, 2.75) is 96.8 Å². The van der Waals surface area contributed by atoms with Gasteiger partial charge in [-0.2, -0.15) is 6.42 Å². The number of halogens is 1. The van der Waals surface area contributed by atoms with Gasteiger partial charge in [-0.1, -0.05) is 90.4 Å². The Morgan fingerprint density at radius 2 is 0.818 bits per heavy atom. The molecule has 0 atom stereocenters. The minimum atomic E-state index is 0. The van der Waals surface area contributed by atoms with Gasteiger partial charge in [-0.3, -0.25) is 0 Å². The Bertz CT molecular complexity index is 138. The average Bonchev–Trinajstić information content (AvgIpc) is 2.39. The Kier molecular flexibility index (Phi) is 42.4. The van der Waals surface area contributed by atoms with E-state index in [0.29, 0.717) is 0 Å². The van der Waals surface area contributed by atoms with E-state index in [4.69, 9.17) is 0 Å². The van der Waals surface area contributed by atoms with Gasteiger partial charge < -0.3 is 28.8 Å². The van der Waals surface area contributed by atoms with Crippen LogP contribution in [0, 0.1) is 6.92 Å². The van der Waals surface area contributed by atoms with E-state index in [9.17, 15) is 0 Å². The summed E-state index contributed by atoms with van der Waals surface area (Å²) >= 11 is 0. The molecule has 0 aliphatic rings. The van der Waals surface area contributed by atoms with Crippen LogP contribution in [-0.4, -0.2) is 21.1 Å². The van der Waals surface area contributed by atoms with Gasteiger partial charge in [0.1, 0.15) is 0 Å². The van der Waals surface area contributed by atoms with E-state index in [0.717, 1.165) is 6.42 Å². The van der Waals surface area contributed by atoms with Gasteiger partial charge in [-0.15, -0.1) is 0 Å². The van der Waals surface area contributed by atoms with E-state index in [2.05, 4.69) is 35.0 Å². The van der Waals surface area contributed by atoms with Crippen molar-refractivity contribution >= 4 is 0 Å². The molecule has 0 saturated carbocycles. The molecule has 0 amide bonds. The molecule has 1 nitrogen and oxygen atoms in total. The van der Waals surface area contributed by atoms with Gasteiger partial charge >= 0.3 is 22.4 Å². The fourth-order valence-electron chi connectivity index (χ4n) is 2.19. The van der Waals surface area contributed by atoms with Crippen molar-refractivity contribution < 1.29 is 44.3 Å². The zero-order chi connectivity index (χ0) is 15.5. The van der Waals surface area contributed by atoms with Crippen LogP contribution in [-0.2, 0) is 22.4 Å². The molecule has 0 aromatic carbocycles. The molecule has 1 N–H and O–H groups in total. The summed E-state index contributed by atoms with van der Waals surface area (Å²) in [6.07, 6.45) is 19.8. The summed E-state index contributed by atoms with van der Waals surface area (Å²) in [5, 5.41) is 0. The number of quaternary nitrogens is 1. The van der Waals surface area contributed by atoms with Crippen molar-refractivity contribution in [1.29, 1.82) is 0 Å². The molecule has 0 aliphatic heterocycles. The first kappa shape index (κ1) is 31.0. The second-order valence-corrected chi connectivity index (χ2v) is 6.60. The monoisotopic (exact) mass is 561 g/mol. The summed E-state index contributed by atoms with van der Waals surface area (Å²) in [7, 11) is 6.25. The first-order valence-electron chi connectivity index (χ1n) is 9.21. The molecule has 142 valence electrons. The van der Waals surface area contributed by atoms with Crippen molar-refractivity contribution in [1.82, 2.24) is 0 Å². The van der Waals surface area contributed by atoms with Gasteiger partial charge in [-0.25, -0.2) is 0 Å². The molecule has 0 aliphatic carbocycles. The minimum absolute atomic E-state index is 0. The number of nitrogens with one attached hydrogen (secondary N) is 1. The molecule has 0 radical (unpaired) electrons. The maximum Gasteiger partial charge on any atom is 1.00 e. The molecule has 22 heavy (non-hydrogen) atoms. The average molecular weight is 562 g/mol. The molecule has 3 heteroatoms. The fraction of sp³-hybridized carbons (Fsp3) is 0.947. The quantitative estimate of drug-likeness (QED) is 0.199. The molecule has 0 unspecified atom stereocenters. The zero-order valence-corrected chi connectivity index (χ0v) is 19.5. The minimum Gasteiger partial charge on any atom is -1.00 e. The summed E-state index contributed by atoms with van der Waals surface area (Å²) in [4.78, 5) is 1.42. The molecule has 0 aromatic rings. The molecular weight excluding hydrogens is 519 g/mol. The van der Waals surface area contributed by atoms with Gasteiger partial charge in [0.05, 0.1) is 21.1 Å². The molecule has 0 heterocycles.